The minimum atomic E-state index is -4.48. The molecule has 2 atom stereocenters. The molecule has 0 fully saturated rings. The summed E-state index contributed by atoms with van der Waals surface area (Å²) in [4.78, 5) is 13.1. The van der Waals surface area contributed by atoms with Crippen molar-refractivity contribution < 1.29 is 22.7 Å². The first kappa shape index (κ1) is 19.8. The van der Waals surface area contributed by atoms with Gasteiger partial charge in [0.05, 0.1) is 11.5 Å². The van der Waals surface area contributed by atoms with Crippen molar-refractivity contribution in [2.24, 2.45) is 5.73 Å². The highest BCUT2D eigenvalue weighted by atomic mass is 19.4. The van der Waals surface area contributed by atoms with Crippen molar-refractivity contribution in [3.8, 4) is 6.07 Å². The van der Waals surface area contributed by atoms with Crippen LogP contribution in [0.2, 0.25) is 0 Å². The molecule has 30 heavy (non-hydrogen) atoms. The largest absolute Gasteiger partial charge is 0.444 e. The monoisotopic (exact) mass is 410 g/mol. The maximum atomic E-state index is 13.1. The number of nitrogens with zero attached hydrogens (tertiary/aromatic N) is 1. The Morgan fingerprint density at radius 2 is 1.67 bits per heavy atom. The first-order valence-electron chi connectivity index (χ1n) is 9.35. The minimum Gasteiger partial charge on any atom is -0.444 e. The van der Waals surface area contributed by atoms with Crippen LogP contribution in [-0.4, -0.2) is 5.78 Å². The number of nitrogens with two attached hydrogens (primary N) is 1. The van der Waals surface area contributed by atoms with Crippen LogP contribution in [0.1, 0.15) is 41.4 Å². The first-order valence-corrected chi connectivity index (χ1v) is 9.35. The van der Waals surface area contributed by atoms with Gasteiger partial charge >= 0.3 is 6.18 Å². The molecule has 0 amide bonds. The Kier molecular flexibility index (Phi) is 4.86. The van der Waals surface area contributed by atoms with Crippen molar-refractivity contribution >= 4 is 5.78 Å². The highest BCUT2D eigenvalue weighted by Crippen LogP contribution is 2.47. The molecule has 0 spiro atoms. The van der Waals surface area contributed by atoms with E-state index in [1.54, 1.807) is 0 Å². The molecular weight excluding hydrogens is 393 g/mol. The van der Waals surface area contributed by atoms with E-state index in [9.17, 15) is 23.2 Å². The van der Waals surface area contributed by atoms with Gasteiger partial charge in [0.25, 0.3) is 0 Å². The molecule has 2 aromatic carbocycles. The van der Waals surface area contributed by atoms with Gasteiger partial charge in [-0.2, -0.15) is 18.4 Å². The number of halogens is 3. The van der Waals surface area contributed by atoms with E-state index in [2.05, 4.69) is 0 Å². The highest BCUT2D eigenvalue weighted by molar-refractivity contribution is 6.00. The fourth-order valence-electron chi connectivity index (χ4n) is 4.07. The molecule has 1 aliphatic heterocycles. The Balaban J connectivity index is 1.76. The number of Topliss-reactive ketones (excluding diaryl/α,β-unsaturated/α-hetero) is 1. The SMILES string of the molecule is N#CC1=C(N)OC2=C(C(=O)C[C@@H](c3ccccc3)C2)[C@H]1c1ccc(C(F)(F)F)cc1. The summed E-state index contributed by atoms with van der Waals surface area (Å²) in [6.07, 6.45) is -3.83. The van der Waals surface area contributed by atoms with Gasteiger partial charge in [-0.1, -0.05) is 42.5 Å². The van der Waals surface area contributed by atoms with Gasteiger partial charge in [0.2, 0.25) is 5.88 Å². The Morgan fingerprint density at radius 3 is 2.27 bits per heavy atom. The van der Waals surface area contributed by atoms with Crippen LogP contribution in [0.3, 0.4) is 0 Å². The molecule has 152 valence electrons. The van der Waals surface area contributed by atoms with Crippen LogP contribution in [-0.2, 0) is 15.7 Å². The van der Waals surface area contributed by atoms with Crippen molar-refractivity contribution in [2.75, 3.05) is 0 Å². The first-order chi connectivity index (χ1) is 14.3. The number of rotatable bonds is 2. The van der Waals surface area contributed by atoms with E-state index in [0.29, 0.717) is 23.3 Å². The number of hydrogen-bond donors (Lipinski definition) is 1. The fourth-order valence-corrected chi connectivity index (χ4v) is 4.07. The average Bonchev–Trinajstić information content (AvgIpc) is 2.72. The number of allylic oxidation sites excluding steroid dienone is 3. The molecule has 7 heteroatoms. The molecule has 4 rings (SSSR count). The van der Waals surface area contributed by atoms with Gasteiger partial charge in [-0.3, -0.25) is 4.79 Å². The summed E-state index contributed by atoms with van der Waals surface area (Å²) in [5, 5.41) is 9.60. The minimum absolute atomic E-state index is 0.0278. The maximum Gasteiger partial charge on any atom is 0.416 e. The summed E-state index contributed by atoms with van der Waals surface area (Å²) >= 11 is 0. The summed E-state index contributed by atoms with van der Waals surface area (Å²) in [7, 11) is 0. The van der Waals surface area contributed by atoms with E-state index < -0.39 is 17.7 Å². The van der Waals surface area contributed by atoms with Gasteiger partial charge in [-0.15, -0.1) is 0 Å². The van der Waals surface area contributed by atoms with Crippen LogP contribution in [0.25, 0.3) is 0 Å². The summed E-state index contributed by atoms with van der Waals surface area (Å²) in [5.74, 6) is -0.883. The van der Waals surface area contributed by atoms with Crippen molar-refractivity contribution in [1.29, 1.82) is 5.26 Å². The molecule has 2 aromatic rings. The lowest BCUT2D eigenvalue weighted by Crippen LogP contribution is -2.29. The second kappa shape index (κ2) is 7.38. The molecule has 0 bridgehead atoms. The lowest BCUT2D eigenvalue weighted by atomic mass is 9.73. The third-order valence-electron chi connectivity index (χ3n) is 5.50. The van der Waals surface area contributed by atoms with Gasteiger partial charge in [0.1, 0.15) is 17.4 Å². The summed E-state index contributed by atoms with van der Waals surface area (Å²) in [6.45, 7) is 0. The van der Waals surface area contributed by atoms with Gasteiger partial charge in [-0.05, 0) is 29.2 Å². The van der Waals surface area contributed by atoms with Gasteiger partial charge in [0.15, 0.2) is 5.78 Å². The van der Waals surface area contributed by atoms with E-state index in [4.69, 9.17) is 10.5 Å². The standard InChI is InChI=1S/C23H17F3N2O2/c24-23(25,26)16-8-6-14(7-9-16)20-17(12-27)22(28)30-19-11-15(10-18(29)21(19)20)13-4-2-1-3-5-13/h1-9,15,20H,10-11,28H2/t15-,20+/m1/s1. The number of ketones is 1. The Morgan fingerprint density at radius 1 is 1.00 bits per heavy atom. The second-order valence-corrected chi connectivity index (χ2v) is 7.32. The van der Waals surface area contributed by atoms with Crippen molar-refractivity contribution in [3.63, 3.8) is 0 Å². The number of ether oxygens (including phenoxy) is 1. The number of carbonyl (C=O) groups excluding carboxylic acids is 1. The van der Waals surface area contributed by atoms with Crippen molar-refractivity contribution in [2.45, 2.75) is 30.9 Å². The second-order valence-electron chi connectivity index (χ2n) is 7.32. The normalized spacial score (nSPS) is 21.7. The fraction of sp³-hybridized carbons (Fsp3) is 0.217. The van der Waals surface area contributed by atoms with Crippen LogP contribution in [0.15, 0.2) is 77.4 Å². The van der Waals surface area contributed by atoms with Crippen LogP contribution >= 0.6 is 0 Å². The Bertz CT molecular complexity index is 1090. The smallest absolute Gasteiger partial charge is 0.416 e. The zero-order valence-electron chi connectivity index (χ0n) is 15.7. The number of hydrogen-bond acceptors (Lipinski definition) is 4. The van der Waals surface area contributed by atoms with E-state index in [0.717, 1.165) is 17.7 Å². The Hall–Kier alpha value is -3.53. The summed E-state index contributed by atoms with van der Waals surface area (Å²) in [6, 6.07) is 15.9. The van der Waals surface area contributed by atoms with E-state index in [1.807, 2.05) is 36.4 Å². The lowest BCUT2D eigenvalue weighted by molar-refractivity contribution is -0.137. The molecule has 1 heterocycles. The molecule has 0 unspecified atom stereocenters. The molecule has 2 N–H and O–H groups in total. The van der Waals surface area contributed by atoms with E-state index in [1.165, 1.54) is 12.1 Å². The van der Waals surface area contributed by atoms with Gasteiger partial charge < -0.3 is 10.5 Å². The number of carbonyl (C=O) groups is 1. The summed E-state index contributed by atoms with van der Waals surface area (Å²) in [5.41, 5.74) is 6.87. The predicted octanol–water partition coefficient (Wildman–Crippen LogP) is 4.91. The van der Waals surface area contributed by atoms with Crippen LogP contribution in [0.5, 0.6) is 0 Å². The third-order valence-corrected chi connectivity index (χ3v) is 5.50. The number of nitriles is 1. The number of benzene rings is 2. The molecule has 2 aliphatic rings. The third kappa shape index (κ3) is 3.45. The average molecular weight is 410 g/mol. The topological polar surface area (TPSA) is 76.1 Å². The molecule has 0 saturated heterocycles. The van der Waals surface area contributed by atoms with E-state index in [-0.39, 0.29) is 29.6 Å². The molecule has 0 aromatic heterocycles. The highest BCUT2D eigenvalue weighted by Gasteiger charge is 2.41. The lowest BCUT2D eigenvalue weighted by Gasteiger charge is -2.34. The van der Waals surface area contributed by atoms with Gasteiger partial charge in [0, 0.05) is 18.4 Å². The Labute approximate surface area is 171 Å². The van der Waals surface area contributed by atoms with Crippen LogP contribution in [0.4, 0.5) is 13.2 Å². The summed E-state index contributed by atoms with van der Waals surface area (Å²) < 4.78 is 44.5. The van der Waals surface area contributed by atoms with Crippen molar-refractivity contribution in [3.05, 3.63) is 94.1 Å². The molecule has 0 radical (unpaired) electrons. The molecular formula is C23H17F3N2O2. The zero-order chi connectivity index (χ0) is 21.5. The van der Waals surface area contributed by atoms with E-state index >= 15 is 0 Å². The molecule has 0 saturated carbocycles. The van der Waals surface area contributed by atoms with Crippen molar-refractivity contribution in [1.82, 2.24) is 0 Å². The quantitative estimate of drug-likeness (QED) is 0.763. The number of alkyl halides is 3. The maximum absolute atomic E-state index is 13.1. The predicted molar refractivity (Wildman–Crippen MR) is 103 cm³/mol. The zero-order valence-corrected chi connectivity index (χ0v) is 15.7. The van der Waals surface area contributed by atoms with Gasteiger partial charge in [-0.25, -0.2) is 0 Å². The van der Waals surface area contributed by atoms with Crippen LogP contribution in [0, 0.1) is 11.3 Å². The molecule has 4 nitrogen and oxygen atoms in total. The van der Waals surface area contributed by atoms with Crippen LogP contribution < -0.4 is 5.73 Å². The molecule has 1 aliphatic carbocycles.